The maximum absolute atomic E-state index is 12.8. The highest BCUT2D eigenvalue weighted by atomic mass is 35.5. The predicted molar refractivity (Wildman–Crippen MR) is 102 cm³/mol. The summed E-state index contributed by atoms with van der Waals surface area (Å²) in [5, 5.41) is 0. The van der Waals surface area contributed by atoms with Crippen molar-refractivity contribution in [3.63, 3.8) is 0 Å². The Morgan fingerprint density at radius 1 is 1.20 bits per heavy atom. The van der Waals surface area contributed by atoms with Gasteiger partial charge in [0.25, 0.3) is 0 Å². The van der Waals surface area contributed by atoms with E-state index in [1.807, 2.05) is 26.8 Å². The van der Waals surface area contributed by atoms with E-state index in [1.54, 1.807) is 36.4 Å². The van der Waals surface area contributed by atoms with E-state index < -0.39 is 21.7 Å². The van der Waals surface area contributed by atoms with Crippen molar-refractivity contribution in [3.8, 4) is 5.75 Å². The fourth-order valence-electron chi connectivity index (χ4n) is 3.02. The summed E-state index contributed by atoms with van der Waals surface area (Å²) < 4.78 is 34.3. The van der Waals surface area contributed by atoms with Gasteiger partial charge < -0.3 is 10.5 Å². The van der Waals surface area contributed by atoms with Crippen molar-refractivity contribution < 1.29 is 13.2 Å². The molecule has 1 heterocycles. The molecular formula is C18H23ClN2O3S. The zero-order valence-corrected chi connectivity index (χ0v) is 16.1. The normalized spacial score (nSPS) is 18.6. The number of hydrogen-bond donors (Lipinski definition) is 2. The van der Waals surface area contributed by atoms with Crippen molar-refractivity contribution in [3.05, 3.63) is 53.6 Å². The fourth-order valence-corrected chi connectivity index (χ4v) is 4.34. The molecule has 1 aliphatic heterocycles. The van der Waals surface area contributed by atoms with Gasteiger partial charge in [-0.25, -0.2) is 13.1 Å². The number of benzene rings is 2. The van der Waals surface area contributed by atoms with Gasteiger partial charge in [0.1, 0.15) is 11.4 Å². The predicted octanol–water partition coefficient (Wildman–Crippen LogP) is 3.58. The molecule has 0 aliphatic carbocycles. The summed E-state index contributed by atoms with van der Waals surface area (Å²) in [4.78, 5) is 0.261. The third-order valence-corrected chi connectivity index (χ3v) is 5.56. The largest absolute Gasteiger partial charge is 0.487 e. The minimum atomic E-state index is -3.63. The van der Waals surface area contributed by atoms with Crippen molar-refractivity contribution in [2.45, 2.75) is 43.7 Å². The van der Waals surface area contributed by atoms with Crippen molar-refractivity contribution in [2.75, 3.05) is 5.73 Å². The van der Waals surface area contributed by atoms with E-state index in [4.69, 9.17) is 10.5 Å². The highest BCUT2D eigenvalue weighted by Gasteiger charge is 2.36. The van der Waals surface area contributed by atoms with Crippen LogP contribution >= 0.6 is 12.4 Å². The Morgan fingerprint density at radius 2 is 1.92 bits per heavy atom. The van der Waals surface area contributed by atoms with Crippen LogP contribution in [0.15, 0.2) is 47.4 Å². The summed E-state index contributed by atoms with van der Waals surface area (Å²) in [7, 11) is -3.63. The average Bonchev–Trinajstić information content (AvgIpc) is 2.47. The number of sulfonamides is 1. The van der Waals surface area contributed by atoms with Gasteiger partial charge in [-0.15, -0.1) is 12.4 Å². The Kier molecular flexibility index (Phi) is 5.37. The van der Waals surface area contributed by atoms with Gasteiger partial charge in [-0.1, -0.05) is 12.1 Å². The van der Waals surface area contributed by atoms with Gasteiger partial charge in [0, 0.05) is 17.7 Å². The maximum atomic E-state index is 12.8. The summed E-state index contributed by atoms with van der Waals surface area (Å²) in [6, 6.07) is 11.8. The van der Waals surface area contributed by atoms with Gasteiger partial charge in [0.2, 0.25) is 10.0 Å². The minimum absolute atomic E-state index is 0. The molecule has 3 N–H and O–H groups in total. The SMILES string of the molecule is Cc1cccc(S(=O)(=O)NC2CC(C)(C)Oc3ccc(N)cc32)c1.Cl. The molecule has 1 atom stereocenters. The van der Waals surface area contributed by atoms with Crippen molar-refractivity contribution in [2.24, 2.45) is 0 Å². The Labute approximate surface area is 155 Å². The van der Waals surface area contributed by atoms with Crippen LogP contribution in [0.25, 0.3) is 0 Å². The number of nitrogens with one attached hydrogen (secondary N) is 1. The van der Waals surface area contributed by atoms with E-state index >= 15 is 0 Å². The Hall–Kier alpha value is -1.76. The lowest BCUT2D eigenvalue weighted by atomic mass is 9.90. The standard InChI is InChI=1S/C18H22N2O3S.ClH/c1-12-5-4-6-14(9-12)24(21,22)20-16-11-18(2,3)23-17-8-7-13(19)10-15(16)17;/h4-10,16,20H,11,19H2,1-3H3;1H. The number of halogens is 1. The second kappa shape index (κ2) is 6.86. The molecule has 7 heteroatoms. The van der Waals surface area contributed by atoms with Gasteiger partial charge in [-0.2, -0.15) is 0 Å². The highest BCUT2D eigenvalue weighted by molar-refractivity contribution is 7.89. The number of nitrogen functional groups attached to an aromatic ring is 1. The third-order valence-electron chi connectivity index (χ3n) is 4.09. The number of ether oxygens (including phenoxy) is 1. The molecule has 25 heavy (non-hydrogen) atoms. The van der Waals surface area contributed by atoms with E-state index in [2.05, 4.69) is 4.72 Å². The lowest BCUT2D eigenvalue weighted by molar-refractivity contribution is 0.0702. The molecule has 136 valence electrons. The molecule has 1 aliphatic rings. The van der Waals surface area contributed by atoms with Crippen molar-refractivity contribution in [1.82, 2.24) is 4.72 Å². The molecular weight excluding hydrogens is 360 g/mol. The number of hydrogen-bond acceptors (Lipinski definition) is 4. The fraction of sp³-hybridized carbons (Fsp3) is 0.333. The van der Waals surface area contributed by atoms with Crippen LogP contribution in [-0.4, -0.2) is 14.0 Å². The van der Waals surface area contributed by atoms with Crippen LogP contribution in [0.3, 0.4) is 0 Å². The first-order chi connectivity index (χ1) is 11.2. The quantitative estimate of drug-likeness (QED) is 0.795. The molecule has 0 saturated carbocycles. The lowest BCUT2D eigenvalue weighted by Gasteiger charge is -2.37. The van der Waals surface area contributed by atoms with Crippen LogP contribution in [0.2, 0.25) is 0 Å². The molecule has 5 nitrogen and oxygen atoms in total. The number of fused-ring (bicyclic) bond motifs is 1. The smallest absolute Gasteiger partial charge is 0.241 e. The molecule has 0 bridgehead atoms. The number of anilines is 1. The molecule has 0 radical (unpaired) electrons. The van der Waals surface area contributed by atoms with E-state index in [0.717, 1.165) is 11.1 Å². The summed E-state index contributed by atoms with van der Waals surface area (Å²) in [6.45, 7) is 5.76. The van der Waals surface area contributed by atoms with Crippen LogP contribution in [0, 0.1) is 6.92 Å². The number of nitrogens with two attached hydrogens (primary N) is 1. The van der Waals surface area contributed by atoms with E-state index in [-0.39, 0.29) is 17.3 Å². The Bertz CT molecular complexity index is 882. The van der Waals surface area contributed by atoms with Crippen molar-refractivity contribution >= 4 is 28.1 Å². The minimum Gasteiger partial charge on any atom is -0.487 e. The molecule has 2 aromatic carbocycles. The zero-order chi connectivity index (χ0) is 17.5. The molecule has 1 unspecified atom stereocenters. The van der Waals surface area contributed by atoms with Gasteiger partial charge >= 0.3 is 0 Å². The summed E-state index contributed by atoms with van der Waals surface area (Å²) >= 11 is 0. The van der Waals surface area contributed by atoms with Crippen LogP contribution in [0.4, 0.5) is 5.69 Å². The zero-order valence-electron chi connectivity index (χ0n) is 14.4. The Morgan fingerprint density at radius 3 is 2.60 bits per heavy atom. The van der Waals surface area contributed by atoms with Crippen LogP contribution in [-0.2, 0) is 10.0 Å². The van der Waals surface area contributed by atoms with Crippen LogP contribution < -0.4 is 15.2 Å². The van der Waals surface area contributed by atoms with Crippen molar-refractivity contribution in [1.29, 1.82) is 0 Å². The van der Waals surface area contributed by atoms with Crippen LogP contribution in [0.5, 0.6) is 5.75 Å². The summed E-state index contributed by atoms with van der Waals surface area (Å²) in [5.74, 6) is 0.664. The molecule has 0 aromatic heterocycles. The second-order valence-electron chi connectivity index (χ2n) is 6.85. The average molecular weight is 383 g/mol. The first-order valence-corrected chi connectivity index (χ1v) is 9.32. The molecule has 3 rings (SSSR count). The first-order valence-electron chi connectivity index (χ1n) is 7.84. The molecule has 0 amide bonds. The summed E-state index contributed by atoms with van der Waals surface area (Å²) in [6.07, 6.45) is 0.522. The second-order valence-corrected chi connectivity index (χ2v) is 8.57. The number of rotatable bonds is 3. The first kappa shape index (κ1) is 19.6. The molecule has 0 saturated heterocycles. The summed E-state index contributed by atoms with van der Waals surface area (Å²) in [5.41, 5.74) is 7.65. The monoisotopic (exact) mass is 382 g/mol. The molecule has 0 spiro atoms. The lowest BCUT2D eigenvalue weighted by Crippen LogP contribution is -2.41. The maximum Gasteiger partial charge on any atom is 0.241 e. The molecule has 0 fully saturated rings. The van der Waals surface area contributed by atoms with Gasteiger partial charge in [-0.05, 0) is 56.7 Å². The third kappa shape index (κ3) is 4.26. The van der Waals surface area contributed by atoms with Crippen LogP contribution in [0.1, 0.15) is 37.4 Å². The van der Waals surface area contributed by atoms with E-state index in [9.17, 15) is 8.42 Å². The van der Waals surface area contributed by atoms with E-state index in [1.165, 1.54) is 0 Å². The van der Waals surface area contributed by atoms with Gasteiger partial charge in [-0.3, -0.25) is 0 Å². The topological polar surface area (TPSA) is 81.4 Å². The molecule has 2 aromatic rings. The number of aryl methyl sites for hydroxylation is 1. The Balaban J connectivity index is 0.00000225. The highest BCUT2D eigenvalue weighted by Crippen LogP contribution is 2.41. The van der Waals surface area contributed by atoms with Gasteiger partial charge in [0.05, 0.1) is 10.9 Å². The van der Waals surface area contributed by atoms with Gasteiger partial charge in [0.15, 0.2) is 0 Å². The van der Waals surface area contributed by atoms with E-state index in [0.29, 0.717) is 17.9 Å².